The summed E-state index contributed by atoms with van der Waals surface area (Å²) in [4.78, 5) is 2.22. The quantitative estimate of drug-likeness (QED) is 0.793. The van der Waals surface area contributed by atoms with Gasteiger partial charge in [0.15, 0.2) is 11.5 Å². The Morgan fingerprint density at radius 2 is 1.90 bits per heavy atom. The fraction of sp³-hybridized carbons (Fsp3) is 0.625. The molecule has 0 saturated heterocycles. The normalized spacial score (nSPS) is 11.8. The van der Waals surface area contributed by atoms with Gasteiger partial charge in [-0.2, -0.15) is 0 Å². The molecule has 0 aliphatic carbocycles. The molecule has 1 N–H and O–H groups in total. The maximum Gasteiger partial charge on any atom is 0.161 e. The lowest BCUT2D eigenvalue weighted by molar-refractivity contribution is 0.189. The molecule has 0 amide bonds. The fourth-order valence-electron chi connectivity index (χ4n) is 1.77. The minimum atomic E-state index is 0.134. The van der Waals surface area contributed by atoms with Crippen LogP contribution in [0.5, 0.6) is 11.5 Å². The molecule has 0 radical (unpaired) electrons. The van der Waals surface area contributed by atoms with Gasteiger partial charge in [-0.15, -0.1) is 0 Å². The molecule has 0 spiro atoms. The van der Waals surface area contributed by atoms with Crippen molar-refractivity contribution in [1.29, 1.82) is 0 Å². The van der Waals surface area contributed by atoms with E-state index >= 15 is 0 Å². The van der Waals surface area contributed by atoms with Crippen LogP contribution in [0.4, 0.5) is 0 Å². The van der Waals surface area contributed by atoms with E-state index in [1.54, 1.807) is 7.11 Å². The third-order valence-corrected chi connectivity index (χ3v) is 3.63. The van der Waals surface area contributed by atoms with Crippen LogP contribution in [0.2, 0.25) is 0 Å². The zero-order valence-electron chi connectivity index (χ0n) is 13.6. The molecule has 0 bridgehead atoms. The van der Waals surface area contributed by atoms with Gasteiger partial charge in [-0.3, -0.25) is 0 Å². The summed E-state index contributed by atoms with van der Waals surface area (Å²) in [6, 6.07) is 6.06. The van der Waals surface area contributed by atoms with Gasteiger partial charge in [0.1, 0.15) is 0 Å². The number of ether oxygens (including phenoxy) is 2. The van der Waals surface area contributed by atoms with Gasteiger partial charge >= 0.3 is 0 Å². The molecule has 0 aliphatic rings. The molecule has 4 heteroatoms. The average Bonchev–Trinajstić information content (AvgIpc) is 2.39. The summed E-state index contributed by atoms with van der Waals surface area (Å²) in [5.74, 6) is 1.59. The topological polar surface area (TPSA) is 33.7 Å². The monoisotopic (exact) mass is 280 g/mol. The molecule has 1 rings (SSSR count). The van der Waals surface area contributed by atoms with Crippen LogP contribution >= 0.6 is 0 Å². The van der Waals surface area contributed by atoms with Gasteiger partial charge in [0.25, 0.3) is 0 Å². The summed E-state index contributed by atoms with van der Waals surface area (Å²) in [6.45, 7) is 8.81. The highest BCUT2D eigenvalue weighted by Gasteiger charge is 2.19. The molecular formula is C16H28N2O2. The van der Waals surface area contributed by atoms with Gasteiger partial charge in [0.2, 0.25) is 0 Å². The zero-order valence-corrected chi connectivity index (χ0v) is 13.6. The van der Waals surface area contributed by atoms with Crippen LogP contribution in [0.25, 0.3) is 0 Å². The van der Waals surface area contributed by atoms with Gasteiger partial charge in [0.05, 0.1) is 13.7 Å². The molecule has 0 saturated carbocycles. The number of benzene rings is 1. The van der Waals surface area contributed by atoms with Crippen molar-refractivity contribution in [3.63, 3.8) is 0 Å². The van der Waals surface area contributed by atoms with Crippen molar-refractivity contribution in [2.75, 3.05) is 34.4 Å². The van der Waals surface area contributed by atoms with E-state index in [-0.39, 0.29) is 5.54 Å². The smallest absolute Gasteiger partial charge is 0.161 e. The standard InChI is InChI=1S/C16H28N2O2/c1-7-20-15-10-13(8-9-14(15)19-6)11-17-12-16(2,3)18(4)5/h8-10,17H,7,11-12H2,1-6H3. The predicted octanol–water partition coefficient (Wildman–Crippen LogP) is 2.52. The number of hydrogen-bond acceptors (Lipinski definition) is 4. The van der Waals surface area contributed by atoms with Crippen LogP contribution < -0.4 is 14.8 Å². The Balaban J connectivity index is 2.62. The minimum absolute atomic E-state index is 0.134. The second-order valence-electron chi connectivity index (χ2n) is 5.73. The lowest BCUT2D eigenvalue weighted by Crippen LogP contribution is -2.46. The highest BCUT2D eigenvalue weighted by molar-refractivity contribution is 5.42. The number of likely N-dealkylation sites (N-methyl/N-ethyl adjacent to an activating group) is 1. The predicted molar refractivity (Wildman–Crippen MR) is 83.6 cm³/mol. The Kier molecular flexibility index (Phi) is 6.30. The highest BCUT2D eigenvalue weighted by atomic mass is 16.5. The van der Waals surface area contributed by atoms with Crippen molar-refractivity contribution in [2.45, 2.75) is 32.9 Å². The number of hydrogen-bond donors (Lipinski definition) is 1. The van der Waals surface area contributed by atoms with Crippen molar-refractivity contribution in [2.24, 2.45) is 0 Å². The largest absolute Gasteiger partial charge is 0.493 e. The number of nitrogens with one attached hydrogen (secondary N) is 1. The second-order valence-corrected chi connectivity index (χ2v) is 5.73. The van der Waals surface area contributed by atoms with Crippen molar-refractivity contribution < 1.29 is 9.47 Å². The lowest BCUT2D eigenvalue weighted by atomic mass is 10.0. The lowest BCUT2D eigenvalue weighted by Gasteiger charge is -2.32. The molecule has 114 valence electrons. The Morgan fingerprint density at radius 1 is 1.20 bits per heavy atom. The summed E-state index contributed by atoms with van der Waals surface area (Å²) in [6.07, 6.45) is 0. The molecule has 0 aliphatic heterocycles. The first-order valence-electron chi connectivity index (χ1n) is 7.08. The zero-order chi connectivity index (χ0) is 15.2. The van der Waals surface area contributed by atoms with Gasteiger partial charge in [-0.1, -0.05) is 6.07 Å². The van der Waals surface area contributed by atoms with Crippen molar-refractivity contribution in [1.82, 2.24) is 10.2 Å². The van der Waals surface area contributed by atoms with Gasteiger partial charge in [-0.05, 0) is 52.6 Å². The molecule has 20 heavy (non-hydrogen) atoms. The van der Waals surface area contributed by atoms with E-state index in [1.807, 2.05) is 19.1 Å². The fourth-order valence-corrected chi connectivity index (χ4v) is 1.77. The molecule has 1 aromatic carbocycles. The first-order chi connectivity index (χ1) is 9.40. The summed E-state index contributed by atoms with van der Waals surface area (Å²) < 4.78 is 10.9. The maximum atomic E-state index is 5.59. The molecule has 1 aromatic rings. The third kappa shape index (κ3) is 4.69. The Bertz CT molecular complexity index is 417. The summed E-state index contributed by atoms with van der Waals surface area (Å²) in [7, 11) is 5.86. The molecule has 4 nitrogen and oxygen atoms in total. The van der Waals surface area contributed by atoms with E-state index in [4.69, 9.17) is 9.47 Å². The second kappa shape index (κ2) is 7.50. The maximum absolute atomic E-state index is 5.59. The molecule has 0 aromatic heterocycles. The molecule has 0 atom stereocenters. The number of nitrogens with zero attached hydrogens (tertiary/aromatic N) is 1. The van der Waals surface area contributed by atoms with E-state index in [9.17, 15) is 0 Å². The van der Waals surface area contributed by atoms with Gasteiger partial charge < -0.3 is 19.7 Å². The molecule has 0 heterocycles. The average molecular weight is 280 g/mol. The third-order valence-electron chi connectivity index (χ3n) is 3.63. The Hall–Kier alpha value is -1.26. The molecule has 0 unspecified atom stereocenters. The Morgan fingerprint density at radius 3 is 2.45 bits per heavy atom. The number of methoxy groups -OCH3 is 1. The minimum Gasteiger partial charge on any atom is -0.493 e. The van der Waals surface area contributed by atoms with E-state index in [2.05, 4.69) is 44.2 Å². The highest BCUT2D eigenvalue weighted by Crippen LogP contribution is 2.28. The van der Waals surface area contributed by atoms with Crippen LogP contribution in [0.15, 0.2) is 18.2 Å². The van der Waals surface area contributed by atoms with Crippen LogP contribution in [0.1, 0.15) is 26.3 Å². The van der Waals surface area contributed by atoms with Crippen LogP contribution in [-0.2, 0) is 6.54 Å². The molecule has 0 fully saturated rings. The van der Waals surface area contributed by atoms with Gasteiger partial charge in [-0.25, -0.2) is 0 Å². The van der Waals surface area contributed by atoms with E-state index in [0.29, 0.717) is 6.61 Å². The summed E-state index contributed by atoms with van der Waals surface area (Å²) >= 11 is 0. The van der Waals surface area contributed by atoms with E-state index in [1.165, 1.54) is 5.56 Å². The first kappa shape index (κ1) is 16.8. The number of rotatable bonds is 8. The van der Waals surface area contributed by atoms with Crippen LogP contribution in [0.3, 0.4) is 0 Å². The van der Waals surface area contributed by atoms with E-state index < -0.39 is 0 Å². The van der Waals surface area contributed by atoms with E-state index in [0.717, 1.165) is 24.6 Å². The SMILES string of the molecule is CCOc1cc(CNCC(C)(C)N(C)C)ccc1OC. The van der Waals surface area contributed by atoms with Crippen molar-refractivity contribution in [3.8, 4) is 11.5 Å². The van der Waals surface area contributed by atoms with Crippen molar-refractivity contribution in [3.05, 3.63) is 23.8 Å². The van der Waals surface area contributed by atoms with Crippen LogP contribution in [0, 0.1) is 0 Å². The Labute approximate surface area is 123 Å². The molecular weight excluding hydrogens is 252 g/mol. The summed E-state index contributed by atoms with van der Waals surface area (Å²) in [5, 5.41) is 3.49. The van der Waals surface area contributed by atoms with Gasteiger partial charge in [0, 0.05) is 18.6 Å². The van der Waals surface area contributed by atoms with Crippen LogP contribution in [-0.4, -0.2) is 44.8 Å². The summed E-state index contributed by atoms with van der Waals surface area (Å²) in [5.41, 5.74) is 1.33. The van der Waals surface area contributed by atoms with Crippen molar-refractivity contribution >= 4 is 0 Å². The first-order valence-corrected chi connectivity index (χ1v) is 7.08.